The molecule has 0 spiro atoms. The first-order chi connectivity index (χ1) is 21.1. The van der Waals surface area contributed by atoms with Crippen LogP contribution in [0.4, 0.5) is 14.4 Å². The maximum Gasteiger partial charge on any atom is 0.429 e. The van der Waals surface area contributed by atoms with Gasteiger partial charge in [-0.05, 0) is 59.1 Å². The van der Waals surface area contributed by atoms with Crippen LogP contribution in [0.15, 0.2) is 60.7 Å². The number of amides is 4. The van der Waals surface area contributed by atoms with Gasteiger partial charge in [0.15, 0.2) is 0 Å². The molecule has 0 radical (unpaired) electrons. The molecule has 0 aliphatic heterocycles. The van der Waals surface area contributed by atoms with Crippen molar-refractivity contribution in [2.75, 3.05) is 13.1 Å². The zero-order valence-corrected chi connectivity index (χ0v) is 26.7. The van der Waals surface area contributed by atoms with E-state index in [1.807, 2.05) is 36.4 Å². The van der Waals surface area contributed by atoms with E-state index in [4.69, 9.17) is 18.9 Å². The van der Waals surface area contributed by atoms with E-state index in [0.717, 1.165) is 16.1 Å². The molecule has 2 aromatic rings. The molecule has 0 saturated heterocycles. The molecule has 1 atom stereocenters. The maximum atomic E-state index is 13.4. The van der Waals surface area contributed by atoms with E-state index in [1.54, 1.807) is 65.8 Å². The molecule has 45 heavy (non-hydrogen) atoms. The molecule has 0 aliphatic rings. The van der Waals surface area contributed by atoms with E-state index in [0.29, 0.717) is 0 Å². The highest BCUT2D eigenvalue weighted by Gasteiger charge is 2.31. The Bertz CT molecular complexity index is 1260. The number of esters is 1. The minimum Gasteiger partial charge on any atom is -0.461 e. The molecule has 0 unspecified atom stereocenters. The van der Waals surface area contributed by atoms with Gasteiger partial charge >= 0.3 is 24.2 Å². The van der Waals surface area contributed by atoms with Crippen molar-refractivity contribution >= 4 is 30.2 Å². The number of carbonyl (C=O) groups is 5. The largest absolute Gasteiger partial charge is 0.461 e. The van der Waals surface area contributed by atoms with Gasteiger partial charge in [-0.3, -0.25) is 15.0 Å². The molecule has 0 bridgehead atoms. The van der Waals surface area contributed by atoms with Gasteiger partial charge in [0.2, 0.25) is 0 Å². The Balaban J connectivity index is 2.05. The Morgan fingerprint density at radius 3 is 1.80 bits per heavy atom. The summed E-state index contributed by atoms with van der Waals surface area (Å²) in [7, 11) is 0. The number of hydrogen-bond acceptors (Lipinski definition) is 9. The number of hydrazine groups is 1. The lowest BCUT2D eigenvalue weighted by Gasteiger charge is -2.29. The van der Waals surface area contributed by atoms with Crippen LogP contribution in [0, 0.1) is 0 Å². The number of nitrogens with zero attached hydrogens (tertiary/aromatic N) is 1. The molecule has 2 aromatic carbocycles. The van der Waals surface area contributed by atoms with Crippen molar-refractivity contribution in [3.63, 3.8) is 0 Å². The van der Waals surface area contributed by atoms with Gasteiger partial charge in [0.05, 0.1) is 6.42 Å². The number of benzene rings is 2. The number of carbonyl (C=O) groups excluding carboxylic acids is 5. The molecule has 0 saturated carbocycles. The molecule has 0 aromatic heterocycles. The van der Waals surface area contributed by atoms with Gasteiger partial charge in [-0.2, -0.15) is 0 Å². The van der Waals surface area contributed by atoms with E-state index >= 15 is 0 Å². The zero-order valence-electron chi connectivity index (χ0n) is 26.7. The number of ether oxygens (including phenoxy) is 4. The fourth-order valence-electron chi connectivity index (χ4n) is 3.55. The zero-order chi connectivity index (χ0) is 33.5. The summed E-state index contributed by atoms with van der Waals surface area (Å²) < 4.78 is 21.1. The van der Waals surface area contributed by atoms with Crippen LogP contribution in [0.1, 0.15) is 65.5 Å². The Hall–Kier alpha value is -4.81. The standard InChI is InChI=1S/C32H44N4O9/c1-31(2,3)44-29(40)34-25(20-26(37)42-21-23-14-9-7-10-15-23)27(38)35-36(30(41)45-32(4,5)6)19-13-18-33-28(39)43-22-24-16-11-8-12-17-24/h7-12,14-17,25H,13,18-22H2,1-6H3,(H,33,39)(H,34,40)(H,35,38)/t25-/m0/s1. The minimum atomic E-state index is -1.46. The Morgan fingerprint density at radius 2 is 1.27 bits per heavy atom. The SMILES string of the molecule is CC(C)(C)OC(=O)N[C@@H](CC(=O)OCc1ccccc1)C(=O)NN(CCCNC(=O)OCc1ccccc1)C(=O)OC(C)(C)C. The van der Waals surface area contributed by atoms with Crippen LogP contribution in [-0.2, 0) is 41.8 Å². The fourth-order valence-corrected chi connectivity index (χ4v) is 3.55. The Morgan fingerprint density at radius 1 is 0.733 bits per heavy atom. The third kappa shape index (κ3) is 16.0. The average Bonchev–Trinajstić information content (AvgIpc) is 2.95. The summed E-state index contributed by atoms with van der Waals surface area (Å²) in [4.78, 5) is 63.6. The summed E-state index contributed by atoms with van der Waals surface area (Å²) in [6, 6.07) is 16.6. The van der Waals surface area contributed by atoms with Gasteiger partial charge in [-0.15, -0.1) is 0 Å². The molecule has 4 amide bonds. The highest BCUT2D eigenvalue weighted by atomic mass is 16.6. The van der Waals surface area contributed by atoms with E-state index in [1.165, 1.54) is 0 Å². The van der Waals surface area contributed by atoms with Gasteiger partial charge in [0.25, 0.3) is 5.91 Å². The lowest BCUT2D eigenvalue weighted by Crippen LogP contribution is -2.56. The summed E-state index contributed by atoms with van der Waals surface area (Å²) in [5, 5.41) is 5.87. The molecule has 3 N–H and O–H groups in total. The second kappa shape index (κ2) is 17.5. The van der Waals surface area contributed by atoms with Crippen LogP contribution < -0.4 is 16.1 Å². The van der Waals surface area contributed by atoms with Crippen molar-refractivity contribution in [3.05, 3.63) is 71.8 Å². The van der Waals surface area contributed by atoms with E-state index in [-0.39, 0.29) is 32.7 Å². The van der Waals surface area contributed by atoms with Crippen LogP contribution in [-0.4, -0.2) is 65.5 Å². The summed E-state index contributed by atoms with van der Waals surface area (Å²) >= 11 is 0. The number of hydrogen-bond donors (Lipinski definition) is 3. The molecule has 0 heterocycles. The minimum absolute atomic E-state index is 0.0364. The van der Waals surface area contributed by atoms with Crippen LogP contribution >= 0.6 is 0 Å². The summed E-state index contributed by atoms with van der Waals surface area (Å²) in [5.74, 6) is -1.66. The van der Waals surface area contributed by atoms with Crippen LogP contribution in [0.3, 0.4) is 0 Å². The predicted octanol–water partition coefficient (Wildman–Crippen LogP) is 4.60. The molecular weight excluding hydrogens is 584 g/mol. The normalized spacial score (nSPS) is 11.8. The van der Waals surface area contributed by atoms with Crippen LogP contribution in [0.25, 0.3) is 0 Å². The first-order valence-corrected chi connectivity index (χ1v) is 14.6. The fraction of sp³-hybridized carbons (Fsp3) is 0.469. The molecule has 2 rings (SSSR count). The molecule has 0 fully saturated rings. The topological polar surface area (TPSA) is 162 Å². The van der Waals surface area contributed by atoms with E-state index < -0.39 is 53.8 Å². The monoisotopic (exact) mass is 628 g/mol. The molecule has 13 nitrogen and oxygen atoms in total. The summed E-state index contributed by atoms with van der Waals surface area (Å²) in [6.07, 6.45) is -2.83. The van der Waals surface area contributed by atoms with Gasteiger partial charge in [0.1, 0.15) is 30.5 Å². The van der Waals surface area contributed by atoms with E-state index in [9.17, 15) is 24.0 Å². The van der Waals surface area contributed by atoms with Crippen molar-refractivity contribution in [2.45, 2.75) is 84.8 Å². The van der Waals surface area contributed by atoms with Crippen LogP contribution in [0.5, 0.6) is 0 Å². The number of rotatable bonds is 12. The maximum absolute atomic E-state index is 13.4. The number of alkyl carbamates (subject to hydrolysis) is 2. The van der Waals surface area contributed by atoms with Crippen molar-refractivity contribution in [2.24, 2.45) is 0 Å². The van der Waals surface area contributed by atoms with Gasteiger partial charge in [0, 0.05) is 13.1 Å². The highest BCUT2D eigenvalue weighted by Crippen LogP contribution is 2.11. The summed E-state index contributed by atoms with van der Waals surface area (Å²) in [5.41, 5.74) is 2.21. The Labute approximate surface area is 263 Å². The van der Waals surface area contributed by atoms with Crippen molar-refractivity contribution in [1.29, 1.82) is 0 Å². The number of nitrogens with one attached hydrogen (secondary N) is 3. The van der Waals surface area contributed by atoms with Crippen molar-refractivity contribution in [3.8, 4) is 0 Å². The quantitative estimate of drug-likeness (QED) is 0.132. The van der Waals surface area contributed by atoms with Gasteiger partial charge < -0.3 is 29.6 Å². The summed E-state index contributed by atoms with van der Waals surface area (Å²) in [6.45, 7) is 9.98. The lowest BCUT2D eigenvalue weighted by atomic mass is 10.2. The average molecular weight is 629 g/mol. The first-order valence-electron chi connectivity index (χ1n) is 14.6. The lowest BCUT2D eigenvalue weighted by molar-refractivity contribution is -0.147. The predicted molar refractivity (Wildman–Crippen MR) is 164 cm³/mol. The van der Waals surface area contributed by atoms with Crippen LogP contribution in [0.2, 0.25) is 0 Å². The third-order valence-electron chi connectivity index (χ3n) is 5.52. The first kappa shape index (κ1) is 36.4. The van der Waals surface area contributed by atoms with Crippen molar-refractivity contribution in [1.82, 2.24) is 21.1 Å². The molecular formula is C32H44N4O9. The third-order valence-corrected chi connectivity index (χ3v) is 5.52. The van der Waals surface area contributed by atoms with Gasteiger partial charge in [-0.1, -0.05) is 60.7 Å². The molecule has 0 aliphatic carbocycles. The second-order valence-electron chi connectivity index (χ2n) is 12.0. The van der Waals surface area contributed by atoms with Crippen molar-refractivity contribution < 1.29 is 42.9 Å². The van der Waals surface area contributed by atoms with Gasteiger partial charge in [-0.25, -0.2) is 19.4 Å². The molecule has 246 valence electrons. The smallest absolute Gasteiger partial charge is 0.429 e. The Kier molecular flexibility index (Phi) is 14.1. The highest BCUT2D eigenvalue weighted by molar-refractivity contribution is 5.90. The molecule has 13 heteroatoms. The van der Waals surface area contributed by atoms with E-state index in [2.05, 4.69) is 16.1 Å². The second-order valence-corrected chi connectivity index (χ2v) is 12.0.